The quantitative estimate of drug-likeness (QED) is 0.692. The molecule has 2 atom stereocenters. The number of fused-ring (bicyclic) bond motifs is 1. The second-order valence-corrected chi connectivity index (χ2v) is 6.64. The zero-order chi connectivity index (χ0) is 14.8. The van der Waals surface area contributed by atoms with Gasteiger partial charge in [-0.15, -0.1) is 0 Å². The predicted octanol–water partition coefficient (Wildman–Crippen LogP) is 3.20. The predicted molar refractivity (Wildman–Crippen MR) is 93.4 cm³/mol. The zero-order valence-corrected chi connectivity index (χ0v) is 12.9. The highest BCUT2D eigenvalue weighted by molar-refractivity contribution is 8.00. The van der Waals surface area contributed by atoms with Gasteiger partial charge in [0.25, 0.3) is 0 Å². The van der Waals surface area contributed by atoms with E-state index in [9.17, 15) is 0 Å². The molecule has 0 bridgehead atoms. The highest BCUT2D eigenvalue weighted by Crippen LogP contribution is 2.24. The van der Waals surface area contributed by atoms with Crippen LogP contribution < -0.4 is 16.2 Å². The van der Waals surface area contributed by atoms with Gasteiger partial charge in [0, 0.05) is 23.9 Å². The Bertz CT molecular complexity index is 755. The highest BCUT2D eigenvalue weighted by Gasteiger charge is 2.24. The molecule has 1 fully saturated rings. The van der Waals surface area contributed by atoms with Crippen molar-refractivity contribution in [1.29, 1.82) is 0 Å². The largest absolute Gasteiger partial charge is 0.360 e. The SMILES string of the molecule is c1ccc(NC2NNC(Cn3ccc4ccccc43)S2)cc1. The van der Waals surface area contributed by atoms with Gasteiger partial charge in [0.15, 0.2) is 0 Å². The van der Waals surface area contributed by atoms with Crippen molar-refractivity contribution >= 4 is 28.4 Å². The van der Waals surface area contributed by atoms with Gasteiger partial charge in [0.2, 0.25) is 0 Å². The molecule has 0 radical (unpaired) electrons. The van der Waals surface area contributed by atoms with Gasteiger partial charge in [-0.2, -0.15) is 0 Å². The number of nitrogens with zero attached hydrogens (tertiary/aromatic N) is 1. The molecule has 5 heteroatoms. The molecule has 4 rings (SSSR count). The lowest BCUT2D eigenvalue weighted by Crippen LogP contribution is -2.37. The second-order valence-electron chi connectivity index (χ2n) is 5.33. The van der Waals surface area contributed by atoms with Crippen LogP contribution in [-0.4, -0.2) is 15.4 Å². The normalized spacial score (nSPS) is 21.3. The number of para-hydroxylation sites is 2. The third-order valence-electron chi connectivity index (χ3n) is 3.79. The highest BCUT2D eigenvalue weighted by atomic mass is 32.2. The molecule has 0 saturated carbocycles. The Labute approximate surface area is 133 Å². The summed E-state index contributed by atoms with van der Waals surface area (Å²) in [6, 6.07) is 20.9. The maximum Gasteiger partial charge on any atom is 0.139 e. The van der Waals surface area contributed by atoms with E-state index >= 15 is 0 Å². The number of rotatable bonds is 4. The van der Waals surface area contributed by atoms with E-state index in [1.165, 1.54) is 10.9 Å². The van der Waals surface area contributed by atoms with Gasteiger partial charge in [-0.05, 0) is 29.7 Å². The lowest BCUT2D eigenvalue weighted by Gasteiger charge is -2.13. The zero-order valence-electron chi connectivity index (χ0n) is 12.1. The van der Waals surface area contributed by atoms with Gasteiger partial charge in [-0.3, -0.25) is 0 Å². The van der Waals surface area contributed by atoms with E-state index in [0.717, 1.165) is 12.2 Å². The molecule has 2 aromatic carbocycles. The molecule has 3 N–H and O–H groups in total. The maximum atomic E-state index is 3.47. The number of aromatic nitrogens is 1. The van der Waals surface area contributed by atoms with Gasteiger partial charge < -0.3 is 9.88 Å². The molecule has 1 aromatic heterocycles. The number of benzene rings is 2. The summed E-state index contributed by atoms with van der Waals surface area (Å²) >= 11 is 1.86. The Morgan fingerprint density at radius 3 is 2.68 bits per heavy atom. The molecule has 0 aliphatic carbocycles. The summed E-state index contributed by atoms with van der Waals surface area (Å²) in [6.45, 7) is 0.929. The molecule has 112 valence electrons. The van der Waals surface area contributed by atoms with Crippen molar-refractivity contribution in [1.82, 2.24) is 15.4 Å². The maximum absolute atomic E-state index is 3.47. The Morgan fingerprint density at radius 2 is 1.77 bits per heavy atom. The Balaban J connectivity index is 1.41. The molecule has 1 aliphatic rings. The summed E-state index contributed by atoms with van der Waals surface area (Å²) in [5, 5.41) is 5.09. The summed E-state index contributed by atoms with van der Waals surface area (Å²) in [5.74, 6) is 0. The smallest absolute Gasteiger partial charge is 0.139 e. The van der Waals surface area contributed by atoms with Gasteiger partial charge in [-0.25, -0.2) is 10.9 Å². The standard InChI is InChI=1S/C17H18N4S/c1-2-7-14(8-3-1)18-17-20-19-16(22-17)12-21-11-10-13-6-4-5-9-15(13)21/h1-11,16-20H,12H2. The van der Waals surface area contributed by atoms with E-state index in [0.29, 0.717) is 5.37 Å². The first-order valence-corrected chi connectivity index (χ1v) is 8.35. The van der Waals surface area contributed by atoms with Crippen molar-refractivity contribution < 1.29 is 0 Å². The Kier molecular flexibility index (Phi) is 3.76. The third kappa shape index (κ3) is 2.83. The summed E-state index contributed by atoms with van der Waals surface area (Å²) in [5.41, 5.74) is 9.25. The van der Waals surface area contributed by atoms with E-state index in [1.54, 1.807) is 0 Å². The van der Waals surface area contributed by atoms with Crippen molar-refractivity contribution in [2.45, 2.75) is 17.4 Å². The second kappa shape index (κ2) is 6.04. The Hall–Kier alpha value is -1.95. The van der Waals surface area contributed by atoms with Crippen molar-refractivity contribution in [2.75, 3.05) is 5.32 Å². The molecule has 1 saturated heterocycles. The topological polar surface area (TPSA) is 41.0 Å². The van der Waals surface area contributed by atoms with Crippen LogP contribution in [0.15, 0.2) is 66.9 Å². The molecular formula is C17H18N4S. The monoisotopic (exact) mass is 310 g/mol. The molecule has 1 aliphatic heterocycles. The van der Waals surface area contributed by atoms with Crippen LogP contribution in [0, 0.1) is 0 Å². The molecule has 2 heterocycles. The first kappa shape index (κ1) is 13.7. The molecule has 0 spiro atoms. The molecule has 0 amide bonds. The first-order chi connectivity index (χ1) is 10.9. The van der Waals surface area contributed by atoms with Crippen LogP contribution in [0.5, 0.6) is 0 Å². The minimum atomic E-state index is 0.175. The fraction of sp³-hybridized carbons (Fsp3) is 0.176. The molecule has 3 aromatic rings. The van der Waals surface area contributed by atoms with Crippen LogP contribution >= 0.6 is 11.8 Å². The lowest BCUT2D eigenvalue weighted by molar-refractivity contribution is 0.514. The number of thioether (sulfide) groups is 1. The van der Waals surface area contributed by atoms with Crippen LogP contribution in [0.3, 0.4) is 0 Å². The van der Waals surface area contributed by atoms with Crippen molar-refractivity contribution in [3.63, 3.8) is 0 Å². The van der Waals surface area contributed by atoms with Gasteiger partial charge in [-0.1, -0.05) is 48.2 Å². The summed E-state index contributed by atoms with van der Waals surface area (Å²) in [4.78, 5) is 0. The van der Waals surface area contributed by atoms with Crippen molar-refractivity contribution in [3.8, 4) is 0 Å². The van der Waals surface area contributed by atoms with Crippen LogP contribution in [-0.2, 0) is 6.54 Å². The Morgan fingerprint density at radius 1 is 0.955 bits per heavy atom. The van der Waals surface area contributed by atoms with Crippen molar-refractivity contribution in [2.24, 2.45) is 0 Å². The van der Waals surface area contributed by atoms with Gasteiger partial charge in [0.05, 0.1) is 5.37 Å². The fourth-order valence-electron chi connectivity index (χ4n) is 2.72. The van der Waals surface area contributed by atoms with E-state index < -0.39 is 0 Å². The van der Waals surface area contributed by atoms with E-state index in [2.05, 4.69) is 69.4 Å². The summed E-state index contributed by atoms with van der Waals surface area (Å²) in [6.07, 6.45) is 2.16. The molecule has 22 heavy (non-hydrogen) atoms. The lowest BCUT2D eigenvalue weighted by atomic mass is 10.2. The average molecular weight is 310 g/mol. The number of nitrogens with one attached hydrogen (secondary N) is 3. The number of hydrogen-bond acceptors (Lipinski definition) is 4. The molecule has 2 unspecified atom stereocenters. The van der Waals surface area contributed by atoms with Crippen LogP contribution in [0.4, 0.5) is 5.69 Å². The minimum Gasteiger partial charge on any atom is -0.360 e. The minimum absolute atomic E-state index is 0.175. The first-order valence-electron chi connectivity index (χ1n) is 7.40. The van der Waals surface area contributed by atoms with Gasteiger partial charge in [0.1, 0.15) is 5.50 Å². The van der Waals surface area contributed by atoms with E-state index in [-0.39, 0.29) is 5.50 Å². The van der Waals surface area contributed by atoms with Crippen LogP contribution in [0.2, 0.25) is 0 Å². The van der Waals surface area contributed by atoms with Crippen molar-refractivity contribution in [3.05, 3.63) is 66.9 Å². The molecular weight excluding hydrogens is 292 g/mol. The van der Waals surface area contributed by atoms with E-state index in [1.807, 2.05) is 30.0 Å². The van der Waals surface area contributed by atoms with Crippen LogP contribution in [0.25, 0.3) is 10.9 Å². The van der Waals surface area contributed by atoms with Crippen LogP contribution in [0.1, 0.15) is 0 Å². The summed E-state index contributed by atoms with van der Waals surface area (Å²) < 4.78 is 2.30. The molecule has 4 nitrogen and oxygen atoms in total. The number of anilines is 1. The van der Waals surface area contributed by atoms with E-state index in [4.69, 9.17) is 0 Å². The third-order valence-corrected chi connectivity index (χ3v) is 4.89. The number of hydrogen-bond donors (Lipinski definition) is 3. The average Bonchev–Trinajstić information content (AvgIpc) is 3.17. The summed E-state index contributed by atoms with van der Waals surface area (Å²) in [7, 11) is 0. The van der Waals surface area contributed by atoms with Gasteiger partial charge >= 0.3 is 0 Å². The number of hydrazine groups is 1. The fourth-order valence-corrected chi connectivity index (χ4v) is 3.78.